The summed E-state index contributed by atoms with van der Waals surface area (Å²) in [5, 5.41) is 0. The largest absolute Gasteiger partial charge is 0.381 e. The average molecular weight is 208 g/mol. The van der Waals surface area contributed by atoms with E-state index in [1.807, 2.05) is 0 Å². The summed E-state index contributed by atoms with van der Waals surface area (Å²) < 4.78 is 5.58. The van der Waals surface area contributed by atoms with Crippen molar-refractivity contribution in [2.45, 2.75) is 45.4 Å². The predicted octanol–water partition coefficient (Wildman–Crippen LogP) is 4.11. The summed E-state index contributed by atoms with van der Waals surface area (Å²) >= 11 is 0. The summed E-state index contributed by atoms with van der Waals surface area (Å²) in [6.45, 7) is 4.14. The number of ether oxygens (including phenoxy) is 1. The SMILES string of the molecule is CC1CC/C=C\CC/C=C\CCOCC1. The second-order valence-electron chi connectivity index (χ2n) is 4.39. The number of rotatable bonds is 0. The molecule has 0 aromatic carbocycles. The van der Waals surface area contributed by atoms with E-state index in [2.05, 4.69) is 31.2 Å². The molecule has 0 aliphatic carbocycles. The molecule has 0 amide bonds. The van der Waals surface area contributed by atoms with Gasteiger partial charge in [0.05, 0.1) is 6.61 Å². The van der Waals surface area contributed by atoms with Crippen LogP contribution in [0.4, 0.5) is 0 Å². The van der Waals surface area contributed by atoms with Crippen LogP contribution in [0.15, 0.2) is 24.3 Å². The molecular formula is C14H24O. The Morgan fingerprint density at radius 1 is 0.800 bits per heavy atom. The molecule has 0 fully saturated rings. The summed E-state index contributed by atoms with van der Waals surface area (Å²) in [6.07, 6.45) is 16.3. The molecule has 1 aliphatic heterocycles. The quantitative estimate of drug-likeness (QED) is 0.544. The summed E-state index contributed by atoms with van der Waals surface area (Å²) in [4.78, 5) is 0. The summed E-state index contributed by atoms with van der Waals surface area (Å²) in [5.74, 6) is 0.799. The van der Waals surface area contributed by atoms with Gasteiger partial charge in [-0.2, -0.15) is 0 Å². The van der Waals surface area contributed by atoms with Gasteiger partial charge in [0.1, 0.15) is 0 Å². The zero-order valence-electron chi connectivity index (χ0n) is 9.95. The van der Waals surface area contributed by atoms with Gasteiger partial charge >= 0.3 is 0 Å². The number of hydrogen-bond acceptors (Lipinski definition) is 1. The fraction of sp³-hybridized carbons (Fsp3) is 0.714. The van der Waals surface area contributed by atoms with Gasteiger partial charge in [0.25, 0.3) is 0 Å². The fourth-order valence-electron chi connectivity index (χ4n) is 1.73. The molecular weight excluding hydrogens is 184 g/mol. The van der Waals surface area contributed by atoms with Gasteiger partial charge in [0, 0.05) is 6.61 Å². The standard InChI is InChI=1S/C14H24O/c1-14-10-8-6-4-2-3-5-7-9-12-15-13-11-14/h4-7,14H,2-3,8-13H2,1H3/b6-4-,7-5-. The first kappa shape index (κ1) is 12.5. The van der Waals surface area contributed by atoms with Crippen molar-refractivity contribution in [1.29, 1.82) is 0 Å². The third-order valence-electron chi connectivity index (χ3n) is 2.84. The van der Waals surface area contributed by atoms with Crippen LogP contribution in [0.25, 0.3) is 0 Å². The maximum atomic E-state index is 5.58. The van der Waals surface area contributed by atoms with Gasteiger partial charge in [-0.05, 0) is 44.4 Å². The van der Waals surface area contributed by atoms with E-state index < -0.39 is 0 Å². The molecule has 1 heterocycles. The summed E-state index contributed by atoms with van der Waals surface area (Å²) in [5.41, 5.74) is 0. The molecule has 86 valence electrons. The molecule has 1 heteroatoms. The van der Waals surface area contributed by atoms with E-state index >= 15 is 0 Å². The highest BCUT2D eigenvalue weighted by molar-refractivity contribution is 4.88. The number of hydrogen-bond donors (Lipinski definition) is 0. The highest BCUT2D eigenvalue weighted by atomic mass is 16.5. The van der Waals surface area contributed by atoms with E-state index in [1.165, 1.54) is 32.1 Å². The highest BCUT2D eigenvalue weighted by Gasteiger charge is 2.00. The predicted molar refractivity (Wildman–Crippen MR) is 66.0 cm³/mol. The van der Waals surface area contributed by atoms with Gasteiger partial charge in [-0.1, -0.05) is 31.2 Å². The van der Waals surface area contributed by atoms with Crippen LogP contribution < -0.4 is 0 Å². The Bertz CT molecular complexity index is 194. The molecule has 0 spiro atoms. The Labute approximate surface area is 94.2 Å². The average Bonchev–Trinajstić information content (AvgIpc) is 2.24. The molecule has 1 atom stereocenters. The Balaban J connectivity index is 2.26. The lowest BCUT2D eigenvalue weighted by Gasteiger charge is -2.10. The molecule has 1 nitrogen and oxygen atoms in total. The van der Waals surface area contributed by atoms with Gasteiger partial charge in [0.2, 0.25) is 0 Å². The van der Waals surface area contributed by atoms with Crippen LogP contribution in [0.2, 0.25) is 0 Å². The van der Waals surface area contributed by atoms with Gasteiger partial charge in [0.15, 0.2) is 0 Å². The Kier molecular flexibility index (Phi) is 7.28. The lowest BCUT2D eigenvalue weighted by atomic mass is 10.0. The molecule has 1 rings (SSSR count). The maximum absolute atomic E-state index is 5.58. The monoisotopic (exact) mass is 208 g/mol. The minimum atomic E-state index is 0.799. The molecule has 0 saturated carbocycles. The van der Waals surface area contributed by atoms with Crippen molar-refractivity contribution in [2.24, 2.45) is 5.92 Å². The van der Waals surface area contributed by atoms with Gasteiger partial charge in [-0.3, -0.25) is 0 Å². The zero-order valence-corrected chi connectivity index (χ0v) is 9.95. The lowest BCUT2D eigenvalue weighted by Crippen LogP contribution is -2.02. The molecule has 0 aromatic heterocycles. The summed E-state index contributed by atoms with van der Waals surface area (Å²) in [7, 11) is 0. The summed E-state index contributed by atoms with van der Waals surface area (Å²) in [6, 6.07) is 0. The van der Waals surface area contributed by atoms with E-state index in [1.54, 1.807) is 0 Å². The maximum Gasteiger partial charge on any atom is 0.0500 e. The second-order valence-corrected chi connectivity index (χ2v) is 4.39. The van der Waals surface area contributed by atoms with Gasteiger partial charge < -0.3 is 4.74 Å². The molecule has 0 saturated heterocycles. The first-order valence-electron chi connectivity index (χ1n) is 6.27. The Morgan fingerprint density at radius 2 is 1.47 bits per heavy atom. The minimum absolute atomic E-state index is 0.799. The topological polar surface area (TPSA) is 9.23 Å². The second kappa shape index (κ2) is 8.72. The highest BCUT2D eigenvalue weighted by Crippen LogP contribution is 2.11. The van der Waals surface area contributed by atoms with Crippen LogP contribution >= 0.6 is 0 Å². The van der Waals surface area contributed by atoms with Crippen LogP contribution in [-0.2, 0) is 4.74 Å². The van der Waals surface area contributed by atoms with E-state index in [0.29, 0.717) is 0 Å². The van der Waals surface area contributed by atoms with Gasteiger partial charge in [-0.25, -0.2) is 0 Å². The number of allylic oxidation sites excluding steroid dienone is 3. The zero-order chi connectivity index (χ0) is 10.8. The van der Waals surface area contributed by atoms with Crippen molar-refractivity contribution in [1.82, 2.24) is 0 Å². The van der Waals surface area contributed by atoms with Crippen molar-refractivity contribution in [2.75, 3.05) is 13.2 Å². The van der Waals surface area contributed by atoms with Crippen molar-refractivity contribution in [3.8, 4) is 0 Å². The van der Waals surface area contributed by atoms with E-state index in [9.17, 15) is 0 Å². The smallest absolute Gasteiger partial charge is 0.0500 e. The van der Waals surface area contributed by atoms with E-state index in [-0.39, 0.29) is 0 Å². The van der Waals surface area contributed by atoms with Crippen LogP contribution in [-0.4, -0.2) is 13.2 Å². The molecule has 1 aliphatic rings. The van der Waals surface area contributed by atoms with Crippen LogP contribution in [0.1, 0.15) is 45.4 Å². The van der Waals surface area contributed by atoms with Gasteiger partial charge in [-0.15, -0.1) is 0 Å². The normalized spacial score (nSPS) is 30.3. The molecule has 15 heavy (non-hydrogen) atoms. The van der Waals surface area contributed by atoms with Crippen LogP contribution in [0.5, 0.6) is 0 Å². The Morgan fingerprint density at radius 3 is 2.27 bits per heavy atom. The van der Waals surface area contributed by atoms with E-state index in [0.717, 1.165) is 25.6 Å². The molecule has 1 unspecified atom stereocenters. The van der Waals surface area contributed by atoms with Crippen molar-refractivity contribution in [3.63, 3.8) is 0 Å². The molecule has 0 radical (unpaired) electrons. The van der Waals surface area contributed by atoms with Crippen LogP contribution in [0.3, 0.4) is 0 Å². The third kappa shape index (κ3) is 7.38. The minimum Gasteiger partial charge on any atom is -0.381 e. The van der Waals surface area contributed by atoms with Crippen molar-refractivity contribution in [3.05, 3.63) is 24.3 Å². The molecule has 0 bridgehead atoms. The lowest BCUT2D eigenvalue weighted by molar-refractivity contribution is 0.125. The van der Waals surface area contributed by atoms with Crippen molar-refractivity contribution >= 4 is 0 Å². The first-order chi connectivity index (χ1) is 7.39. The van der Waals surface area contributed by atoms with Crippen molar-refractivity contribution < 1.29 is 4.74 Å². The first-order valence-corrected chi connectivity index (χ1v) is 6.27. The van der Waals surface area contributed by atoms with E-state index in [4.69, 9.17) is 4.74 Å². The van der Waals surface area contributed by atoms with Crippen LogP contribution in [0, 0.1) is 5.92 Å². The molecule has 0 N–H and O–H groups in total. The third-order valence-corrected chi connectivity index (χ3v) is 2.84. The fourth-order valence-corrected chi connectivity index (χ4v) is 1.73. The molecule has 0 aromatic rings. The Hall–Kier alpha value is -0.560.